The van der Waals surface area contributed by atoms with E-state index in [1.165, 1.54) is 0 Å². The Labute approximate surface area is 169 Å². The number of rotatable bonds is 7. The fourth-order valence-electron chi connectivity index (χ4n) is 2.78. The molecule has 3 aromatic carbocycles. The van der Waals surface area contributed by atoms with Gasteiger partial charge < -0.3 is 10.1 Å². The van der Waals surface area contributed by atoms with E-state index in [0.717, 1.165) is 11.1 Å². The number of ether oxygens (including phenoxy) is 1. The van der Waals surface area contributed by atoms with Gasteiger partial charge in [0, 0.05) is 17.1 Å². The molecule has 3 aromatic rings. The summed E-state index contributed by atoms with van der Waals surface area (Å²) in [6.45, 7) is 0. The lowest BCUT2D eigenvalue weighted by Gasteiger charge is -2.19. The zero-order chi connectivity index (χ0) is 19.8. The van der Waals surface area contributed by atoms with Crippen LogP contribution in [0.5, 0.6) is 0 Å². The van der Waals surface area contributed by atoms with Crippen LogP contribution in [-0.2, 0) is 14.3 Å². The van der Waals surface area contributed by atoms with Crippen LogP contribution >= 0.6 is 11.6 Å². The van der Waals surface area contributed by atoms with Crippen LogP contribution in [0, 0.1) is 0 Å². The Morgan fingerprint density at radius 1 is 0.821 bits per heavy atom. The van der Waals surface area contributed by atoms with Gasteiger partial charge in [0.05, 0.1) is 6.42 Å². The number of hydrogen-bond donors (Lipinski definition) is 1. The highest BCUT2D eigenvalue weighted by molar-refractivity contribution is 6.30. The lowest BCUT2D eigenvalue weighted by molar-refractivity contribution is -0.148. The Hall–Kier alpha value is -3.11. The van der Waals surface area contributed by atoms with Gasteiger partial charge in [0.2, 0.25) is 5.91 Å². The summed E-state index contributed by atoms with van der Waals surface area (Å²) in [6.07, 6.45) is -0.490. The predicted molar refractivity (Wildman–Crippen MR) is 110 cm³/mol. The largest absolute Gasteiger partial charge is 0.453 e. The highest BCUT2D eigenvalue weighted by Gasteiger charge is 2.19. The monoisotopic (exact) mass is 393 g/mol. The van der Waals surface area contributed by atoms with Crippen LogP contribution in [0.4, 0.5) is 5.69 Å². The molecular formula is C23H20ClNO3. The van der Waals surface area contributed by atoms with Crippen LogP contribution in [0.2, 0.25) is 5.02 Å². The molecular weight excluding hydrogens is 374 g/mol. The van der Waals surface area contributed by atoms with Crippen LogP contribution in [0.1, 0.15) is 30.1 Å². The number of amides is 1. The van der Waals surface area contributed by atoms with Gasteiger partial charge in [-0.15, -0.1) is 0 Å². The van der Waals surface area contributed by atoms with Crippen LogP contribution in [0.15, 0.2) is 84.9 Å². The maximum absolute atomic E-state index is 12.4. The summed E-state index contributed by atoms with van der Waals surface area (Å²) in [6, 6.07) is 25.9. The van der Waals surface area contributed by atoms with Gasteiger partial charge in [0.25, 0.3) is 0 Å². The van der Waals surface area contributed by atoms with Crippen molar-refractivity contribution in [2.24, 2.45) is 0 Å². The van der Waals surface area contributed by atoms with Gasteiger partial charge in [0.15, 0.2) is 6.10 Å². The highest BCUT2D eigenvalue weighted by atomic mass is 35.5. The predicted octanol–water partition coefficient (Wildman–Crippen LogP) is 5.39. The molecule has 28 heavy (non-hydrogen) atoms. The first-order chi connectivity index (χ1) is 13.6. The molecule has 0 spiro atoms. The zero-order valence-corrected chi connectivity index (χ0v) is 15.9. The molecule has 1 amide bonds. The van der Waals surface area contributed by atoms with Crippen molar-refractivity contribution in [3.05, 3.63) is 101 Å². The second-order valence-electron chi connectivity index (χ2n) is 6.25. The third-order valence-corrected chi connectivity index (χ3v) is 4.35. The van der Waals surface area contributed by atoms with E-state index < -0.39 is 12.1 Å². The molecule has 4 nitrogen and oxygen atoms in total. The summed E-state index contributed by atoms with van der Waals surface area (Å²) >= 11 is 5.90. The lowest BCUT2D eigenvalue weighted by atomic mass is 10.0. The number of carbonyl (C=O) groups excluding carboxylic acids is 2. The summed E-state index contributed by atoms with van der Waals surface area (Å²) in [5.74, 6) is -0.700. The third-order valence-electron chi connectivity index (χ3n) is 4.12. The minimum absolute atomic E-state index is 0.0113. The van der Waals surface area contributed by atoms with Gasteiger partial charge in [-0.1, -0.05) is 78.3 Å². The average molecular weight is 394 g/mol. The number of hydrogen-bond acceptors (Lipinski definition) is 3. The second-order valence-corrected chi connectivity index (χ2v) is 6.69. The fraction of sp³-hybridized carbons (Fsp3) is 0.130. The molecule has 0 radical (unpaired) electrons. The second kappa shape index (κ2) is 9.72. The van der Waals surface area contributed by atoms with Gasteiger partial charge in [-0.25, -0.2) is 0 Å². The summed E-state index contributed by atoms with van der Waals surface area (Å²) in [7, 11) is 0. The van der Waals surface area contributed by atoms with E-state index in [0.29, 0.717) is 10.7 Å². The van der Waals surface area contributed by atoms with Gasteiger partial charge in [0.1, 0.15) is 0 Å². The molecule has 142 valence electrons. The Morgan fingerprint density at radius 3 is 2.00 bits per heavy atom. The molecule has 0 aliphatic heterocycles. The van der Waals surface area contributed by atoms with Gasteiger partial charge >= 0.3 is 5.97 Å². The molecule has 0 heterocycles. The molecule has 1 N–H and O–H groups in total. The van der Waals surface area contributed by atoms with Crippen molar-refractivity contribution in [2.75, 3.05) is 5.32 Å². The first-order valence-corrected chi connectivity index (χ1v) is 9.34. The van der Waals surface area contributed by atoms with E-state index in [2.05, 4.69) is 5.32 Å². The van der Waals surface area contributed by atoms with E-state index in [-0.39, 0.29) is 18.7 Å². The Bertz CT molecular complexity index is 889. The summed E-state index contributed by atoms with van der Waals surface area (Å²) in [4.78, 5) is 24.5. The Morgan fingerprint density at radius 2 is 1.43 bits per heavy atom. The number of halogens is 1. The summed E-state index contributed by atoms with van der Waals surface area (Å²) in [5.41, 5.74) is 2.35. The third kappa shape index (κ3) is 5.69. The fourth-order valence-corrected chi connectivity index (χ4v) is 2.97. The summed E-state index contributed by atoms with van der Waals surface area (Å²) in [5, 5.41) is 3.26. The zero-order valence-electron chi connectivity index (χ0n) is 15.2. The number of benzene rings is 3. The summed E-state index contributed by atoms with van der Waals surface area (Å²) < 4.78 is 5.70. The number of anilines is 1. The first-order valence-electron chi connectivity index (χ1n) is 8.96. The quantitative estimate of drug-likeness (QED) is 0.547. The van der Waals surface area contributed by atoms with Crippen molar-refractivity contribution in [1.29, 1.82) is 0 Å². The van der Waals surface area contributed by atoms with Crippen molar-refractivity contribution in [1.82, 2.24) is 0 Å². The molecule has 0 aliphatic carbocycles. The number of nitrogens with one attached hydrogen (secondary N) is 1. The molecule has 3 rings (SSSR count). The molecule has 0 aliphatic rings. The van der Waals surface area contributed by atoms with Crippen LogP contribution in [0.3, 0.4) is 0 Å². The molecule has 0 aromatic heterocycles. The number of carbonyl (C=O) groups is 2. The van der Waals surface area contributed by atoms with Crippen molar-refractivity contribution in [2.45, 2.75) is 18.9 Å². The Kier molecular flexibility index (Phi) is 6.82. The molecule has 0 saturated carbocycles. The molecule has 0 fully saturated rings. The van der Waals surface area contributed by atoms with Crippen molar-refractivity contribution in [3.63, 3.8) is 0 Å². The molecule has 0 atom stereocenters. The Balaban J connectivity index is 1.60. The first kappa shape index (κ1) is 19.6. The van der Waals surface area contributed by atoms with E-state index >= 15 is 0 Å². The highest BCUT2D eigenvalue weighted by Crippen LogP contribution is 2.26. The standard InChI is InChI=1S/C23H20ClNO3/c24-19-12-7-13-20(16-19)25-21(26)14-15-22(27)28-23(17-8-3-1-4-9-17)18-10-5-2-6-11-18/h1-13,16,23H,14-15H2,(H,25,26). The van der Waals surface area contributed by atoms with Crippen LogP contribution in [0.25, 0.3) is 0 Å². The normalized spacial score (nSPS) is 10.5. The SMILES string of the molecule is O=C(CCC(=O)OC(c1ccccc1)c1ccccc1)Nc1cccc(Cl)c1. The van der Waals surface area contributed by atoms with E-state index in [1.807, 2.05) is 60.7 Å². The van der Waals surface area contributed by atoms with E-state index in [1.54, 1.807) is 24.3 Å². The van der Waals surface area contributed by atoms with Crippen molar-refractivity contribution in [3.8, 4) is 0 Å². The van der Waals surface area contributed by atoms with Crippen molar-refractivity contribution >= 4 is 29.2 Å². The van der Waals surface area contributed by atoms with Gasteiger partial charge in [-0.3, -0.25) is 9.59 Å². The topological polar surface area (TPSA) is 55.4 Å². The van der Waals surface area contributed by atoms with Gasteiger partial charge in [-0.2, -0.15) is 0 Å². The van der Waals surface area contributed by atoms with Gasteiger partial charge in [-0.05, 0) is 29.3 Å². The van der Waals surface area contributed by atoms with Crippen molar-refractivity contribution < 1.29 is 14.3 Å². The average Bonchev–Trinajstić information content (AvgIpc) is 2.72. The minimum Gasteiger partial charge on any atom is -0.453 e. The molecule has 0 bridgehead atoms. The maximum atomic E-state index is 12.4. The number of esters is 1. The van der Waals surface area contributed by atoms with E-state index in [4.69, 9.17) is 16.3 Å². The molecule has 0 saturated heterocycles. The maximum Gasteiger partial charge on any atom is 0.307 e. The van der Waals surface area contributed by atoms with E-state index in [9.17, 15) is 9.59 Å². The molecule has 0 unspecified atom stereocenters. The minimum atomic E-state index is -0.508. The van der Waals surface area contributed by atoms with Crippen LogP contribution < -0.4 is 5.32 Å². The lowest BCUT2D eigenvalue weighted by Crippen LogP contribution is -2.17. The molecule has 5 heteroatoms. The smallest absolute Gasteiger partial charge is 0.307 e. The van der Waals surface area contributed by atoms with Crippen LogP contribution in [-0.4, -0.2) is 11.9 Å².